The number of urea groups is 1. The molecular formula is C13H24N4O2. The average molecular weight is 268 g/mol. The number of nitrogens with zero attached hydrogens (tertiary/aromatic N) is 2. The van der Waals surface area contributed by atoms with Gasteiger partial charge >= 0.3 is 6.03 Å². The highest BCUT2D eigenvalue weighted by Crippen LogP contribution is 2.14. The first-order valence-corrected chi connectivity index (χ1v) is 6.56. The van der Waals surface area contributed by atoms with Crippen molar-refractivity contribution >= 4 is 11.8 Å². The average Bonchev–Trinajstić information content (AvgIpc) is 2.67. The predicted octanol–water partition coefficient (Wildman–Crippen LogP) is 1.51. The van der Waals surface area contributed by atoms with E-state index < -0.39 is 5.60 Å². The molecule has 1 rings (SSSR count). The molecule has 1 aromatic heterocycles. The van der Waals surface area contributed by atoms with Crippen molar-refractivity contribution in [2.45, 2.75) is 39.7 Å². The fourth-order valence-electron chi connectivity index (χ4n) is 1.44. The van der Waals surface area contributed by atoms with Gasteiger partial charge in [-0.05, 0) is 19.3 Å². The van der Waals surface area contributed by atoms with Gasteiger partial charge in [0.05, 0.1) is 11.3 Å². The van der Waals surface area contributed by atoms with E-state index in [4.69, 9.17) is 0 Å². The van der Waals surface area contributed by atoms with E-state index in [0.29, 0.717) is 5.82 Å². The molecule has 0 radical (unpaired) electrons. The van der Waals surface area contributed by atoms with E-state index in [-0.39, 0.29) is 18.5 Å². The normalized spacial score (nSPS) is 14.3. The third kappa shape index (κ3) is 4.24. The van der Waals surface area contributed by atoms with E-state index >= 15 is 0 Å². The number of hydrogen-bond donors (Lipinski definition) is 3. The molecule has 0 aliphatic carbocycles. The zero-order valence-electron chi connectivity index (χ0n) is 12.3. The molecule has 1 atom stereocenters. The second-order valence-electron chi connectivity index (χ2n) is 5.32. The van der Waals surface area contributed by atoms with E-state index in [1.54, 1.807) is 18.7 Å². The van der Waals surface area contributed by atoms with Gasteiger partial charge in [0, 0.05) is 19.7 Å². The van der Waals surface area contributed by atoms with Crippen molar-refractivity contribution in [2.24, 2.45) is 13.0 Å². The molecule has 1 heterocycles. The van der Waals surface area contributed by atoms with Crippen LogP contribution < -0.4 is 10.6 Å². The summed E-state index contributed by atoms with van der Waals surface area (Å²) in [5, 5.41) is 19.7. The Hall–Kier alpha value is -1.56. The van der Waals surface area contributed by atoms with Gasteiger partial charge in [0.1, 0.15) is 5.82 Å². The Morgan fingerprint density at radius 1 is 1.58 bits per heavy atom. The zero-order chi connectivity index (χ0) is 14.6. The molecule has 1 aromatic rings. The lowest BCUT2D eigenvalue weighted by molar-refractivity contribution is 0.0170. The molecule has 0 aromatic carbocycles. The lowest BCUT2D eigenvalue weighted by Crippen LogP contribution is -2.45. The summed E-state index contributed by atoms with van der Waals surface area (Å²) in [6.45, 7) is 7.74. The number of hydrogen-bond acceptors (Lipinski definition) is 3. The monoisotopic (exact) mass is 268 g/mol. The Morgan fingerprint density at radius 3 is 2.68 bits per heavy atom. The number of aliphatic hydroxyl groups is 1. The van der Waals surface area contributed by atoms with E-state index in [9.17, 15) is 9.90 Å². The Kier molecular flexibility index (Phi) is 4.94. The molecular weight excluding hydrogens is 244 g/mol. The van der Waals surface area contributed by atoms with Gasteiger partial charge < -0.3 is 10.4 Å². The minimum absolute atomic E-state index is 0.0659. The van der Waals surface area contributed by atoms with Crippen molar-refractivity contribution in [3.05, 3.63) is 11.8 Å². The number of rotatable bonds is 5. The van der Waals surface area contributed by atoms with Gasteiger partial charge in [-0.3, -0.25) is 10.00 Å². The molecule has 6 heteroatoms. The molecule has 108 valence electrons. The van der Waals surface area contributed by atoms with Crippen molar-refractivity contribution in [3.8, 4) is 0 Å². The third-order valence-corrected chi connectivity index (χ3v) is 3.38. The summed E-state index contributed by atoms with van der Waals surface area (Å²) in [5.41, 5.74) is 0.00485. The Labute approximate surface area is 114 Å². The first-order chi connectivity index (χ1) is 8.76. The molecule has 0 aliphatic rings. The molecule has 6 nitrogen and oxygen atoms in total. The van der Waals surface area contributed by atoms with E-state index in [1.807, 2.05) is 26.8 Å². The number of nitrogens with one attached hydrogen (secondary N) is 2. The van der Waals surface area contributed by atoms with Crippen LogP contribution in [0.2, 0.25) is 0 Å². The van der Waals surface area contributed by atoms with Crippen molar-refractivity contribution < 1.29 is 9.90 Å². The van der Waals surface area contributed by atoms with Gasteiger partial charge in [-0.1, -0.05) is 20.8 Å². The van der Waals surface area contributed by atoms with Crippen LogP contribution in [-0.2, 0) is 13.5 Å². The van der Waals surface area contributed by atoms with Crippen LogP contribution in [0, 0.1) is 5.92 Å². The van der Waals surface area contributed by atoms with Crippen LogP contribution in [0.15, 0.2) is 6.07 Å². The number of carbonyl (C=O) groups excluding carboxylic acids is 1. The highest BCUT2D eigenvalue weighted by molar-refractivity contribution is 5.88. The van der Waals surface area contributed by atoms with E-state index in [1.165, 1.54) is 0 Å². The van der Waals surface area contributed by atoms with Gasteiger partial charge in [-0.2, -0.15) is 5.10 Å². The van der Waals surface area contributed by atoms with Gasteiger partial charge in [-0.25, -0.2) is 4.79 Å². The van der Waals surface area contributed by atoms with Crippen LogP contribution in [0.5, 0.6) is 0 Å². The largest absolute Gasteiger partial charge is 0.388 e. The summed E-state index contributed by atoms with van der Waals surface area (Å²) in [7, 11) is 1.78. The highest BCUT2D eigenvalue weighted by atomic mass is 16.3. The van der Waals surface area contributed by atoms with Crippen LogP contribution in [0.4, 0.5) is 10.6 Å². The highest BCUT2D eigenvalue weighted by Gasteiger charge is 2.25. The second-order valence-corrected chi connectivity index (χ2v) is 5.32. The smallest absolute Gasteiger partial charge is 0.320 e. The lowest BCUT2D eigenvalue weighted by atomic mass is 9.93. The van der Waals surface area contributed by atoms with Crippen molar-refractivity contribution in [1.82, 2.24) is 15.1 Å². The third-order valence-electron chi connectivity index (χ3n) is 3.38. The number of aryl methyl sites for hydroxylation is 2. The lowest BCUT2D eigenvalue weighted by Gasteiger charge is -2.27. The number of anilines is 1. The van der Waals surface area contributed by atoms with Crippen molar-refractivity contribution in [3.63, 3.8) is 0 Å². The molecule has 0 spiro atoms. The molecule has 3 N–H and O–H groups in total. The van der Waals surface area contributed by atoms with Crippen LogP contribution in [0.1, 0.15) is 33.4 Å². The summed E-state index contributed by atoms with van der Waals surface area (Å²) < 4.78 is 1.62. The molecule has 0 fully saturated rings. The summed E-state index contributed by atoms with van der Waals surface area (Å²) in [6.07, 6.45) is 0.819. The molecule has 0 saturated carbocycles. The molecule has 0 bridgehead atoms. The summed E-state index contributed by atoms with van der Waals surface area (Å²) >= 11 is 0. The van der Waals surface area contributed by atoms with Crippen LogP contribution in [0.3, 0.4) is 0 Å². The summed E-state index contributed by atoms with van der Waals surface area (Å²) in [5.74, 6) is 0.703. The van der Waals surface area contributed by atoms with Crippen molar-refractivity contribution in [1.29, 1.82) is 0 Å². The minimum atomic E-state index is -0.918. The Balaban J connectivity index is 2.54. The maximum atomic E-state index is 11.8. The first-order valence-electron chi connectivity index (χ1n) is 6.56. The molecule has 19 heavy (non-hydrogen) atoms. The quantitative estimate of drug-likeness (QED) is 0.757. The van der Waals surface area contributed by atoms with E-state index in [0.717, 1.165) is 12.1 Å². The Bertz CT molecular complexity index is 438. The number of aromatic nitrogens is 2. The topological polar surface area (TPSA) is 79.2 Å². The number of amides is 2. The van der Waals surface area contributed by atoms with Gasteiger partial charge in [0.2, 0.25) is 0 Å². The van der Waals surface area contributed by atoms with Gasteiger partial charge in [-0.15, -0.1) is 0 Å². The molecule has 1 unspecified atom stereocenters. The van der Waals surface area contributed by atoms with Gasteiger partial charge in [0.25, 0.3) is 0 Å². The second kappa shape index (κ2) is 6.06. The fourth-order valence-corrected chi connectivity index (χ4v) is 1.44. The van der Waals surface area contributed by atoms with Crippen molar-refractivity contribution in [2.75, 3.05) is 11.9 Å². The Morgan fingerprint density at radius 2 is 2.21 bits per heavy atom. The maximum absolute atomic E-state index is 11.8. The van der Waals surface area contributed by atoms with Crippen LogP contribution in [-0.4, -0.2) is 33.1 Å². The first kappa shape index (κ1) is 15.5. The molecule has 0 saturated heterocycles. The van der Waals surface area contributed by atoms with Gasteiger partial charge in [0.15, 0.2) is 0 Å². The fraction of sp³-hybridized carbons (Fsp3) is 0.692. The zero-order valence-corrected chi connectivity index (χ0v) is 12.3. The standard InChI is InChI=1S/C13H24N4O2/c1-6-10-7-11(17(5)16-10)15-12(18)14-8-13(4,19)9(2)3/h7,9,19H,6,8H2,1-5H3,(H2,14,15,18). The summed E-state index contributed by atoms with van der Waals surface area (Å²) in [6, 6.07) is 1.49. The van der Waals surface area contributed by atoms with Crippen LogP contribution in [0.25, 0.3) is 0 Å². The predicted molar refractivity (Wildman–Crippen MR) is 75.1 cm³/mol. The number of carbonyl (C=O) groups is 1. The minimum Gasteiger partial charge on any atom is -0.388 e. The summed E-state index contributed by atoms with van der Waals surface area (Å²) in [4.78, 5) is 11.8. The molecule has 0 aliphatic heterocycles. The molecule has 2 amide bonds. The SMILES string of the molecule is CCc1cc(NC(=O)NCC(C)(O)C(C)C)n(C)n1. The maximum Gasteiger partial charge on any atom is 0.320 e. The van der Waals surface area contributed by atoms with E-state index in [2.05, 4.69) is 15.7 Å². The van der Waals surface area contributed by atoms with Crippen LogP contribution >= 0.6 is 0 Å².